The van der Waals surface area contributed by atoms with Crippen LogP contribution >= 0.6 is 0 Å². The van der Waals surface area contributed by atoms with Crippen molar-refractivity contribution in [3.05, 3.63) is 95.6 Å². The quantitative estimate of drug-likeness (QED) is 0.306. The second kappa shape index (κ2) is 14.3. The molecule has 1 aliphatic heterocycles. The second-order valence-corrected chi connectivity index (χ2v) is 10.3. The van der Waals surface area contributed by atoms with Crippen LogP contribution in [0.4, 0.5) is 10.5 Å². The van der Waals surface area contributed by atoms with Gasteiger partial charge in [-0.25, -0.2) is 4.79 Å². The van der Waals surface area contributed by atoms with Gasteiger partial charge in [0.25, 0.3) is 5.91 Å². The number of amides is 3. The highest BCUT2D eigenvalue weighted by molar-refractivity contribution is 5.99. The van der Waals surface area contributed by atoms with Gasteiger partial charge in [0.2, 0.25) is 5.91 Å². The second-order valence-electron chi connectivity index (χ2n) is 10.3. The normalized spacial score (nSPS) is 14.4. The molecule has 0 unspecified atom stereocenters. The third-order valence-electron chi connectivity index (χ3n) is 6.66. The molecule has 9 nitrogen and oxygen atoms in total. The summed E-state index contributed by atoms with van der Waals surface area (Å²) in [6.07, 6.45) is -0.371. The highest BCUT2D eigenvalue weighted by Crippen LogP contribution is 2.28. The molecule has 0 radical (unpaired) electrons. The van der Waals surface area contributed by atoms with Crippen molar-refractivity contribution in [3.8, 4) is 5.75 Å². The zero-order chi connectivity index (χ0) is 29.2. The van der Waals surface area contributed by atoms with Gasteiger partial charge in [-0.1, -0.05) is 60.7 Å². The van der Waals surface area contributed by atoms with Crippen LogP contribution in [0.3, 0.4) is 0 Å². The molecule has 1 heterocycles. The van der Waals surface area contributed by atoms with Crippen LogP contribution < -0.4 is 20.3 Å². The average Bonchev–Trinajstić information content (AvgIpc) is 3.40. The van der Waals surface area contributed by atoms with Crippen LogP contribution in [-0.4, -0.2) is 54.4 Å². The van der Waals surface area contributed by atoms with Crippen molar-refractivity contribution < 1.29 is 29.0 Å². The number of rotatable bonds is 12. The van der Waals surface area contributed by atoms with Crippen molar-refractivity contribution in [1.82, 2.24) is 10.6 Å². The summed E-state index contributed by atoms with van der Waals surface area (Å²) < 4.78 is 11.1. The van der Waals surface area contributed by atoms with Gasteiger partial charge < -0.3 is 30.1 Å². The maximum Gasteiger partial charge on any atom is 0.407 e. The number of hydrogen-bond acceptors (Lipinski definition) is 6. The van der Waals surface area contributed by atoms with Crippen molar-refractivity contribution in [2.24, 2.45) is 0 Å². The Hall–Kier alpha value is -4.37. The third-order valence-corrected chi connectivity index (χ3v) is 6.66. The molecule has 1 fully saturated rings. The molecule has 0 bridgehead atoms. The molecule has 1 saturated heterocycles. The third kappa shape index (κ3) is 8.81. The average molecular weight is 560 g/mol. The van der Waals surface area contributed by atoms with Gasteiger partial charge in [0.1, 0.15) is 12.4 Å². The van der Waals surface area contributed by atoms with Gasteiger partial charge in [0.05, 0.1) is 18.2 Å². The Balaban J connectivity index is 1.47. The van der Waals surface area contributed by atoms with Crippen LogP contribution in [-0.2, 0) is 22.6 Å². The number of benzene rings is 3. The first-order valence-corrected chi connectivity index (χ1v) is 13.9. The van der Waals surface area contributed by atoms with Gasteiger partial charge in [-0.2, -0.15) is 0 Å². The van der Waals surface area contributed by atoms with Crippen LogP contribution in [0, 0.1) is 0 Å². The first-order chi connectivity index (χ1) is 19.8. The number of carbonyl (C=O) groups is 3. The number of aliphatic hydroxyl groups is 1. The van der Waals surface area contributed by atoms with Crippen LogP contribution in [0.2, 0.25) is 0 Å². The van der Waals surface area contributed by atoms with Crippen LogP contribution in [0.1, 0.15) is 48.2 Å². The van der Waals surface area contributed by atoms with Gasteiger partial charge >= 0.3 is 6.09 Å². The van der Waals surface area contributed by atoms with E-state index in [-0.39, 0.29) is 25.2 Å². The molecule has 41 heavy (non-hydrogen) atoms. The standard InChI is InChI=1S/C32H37N3O6/c1-22(2)41-27-18-25(17-26(19-27)35-15-9-14-30(35)37)31(38)34-28(16-23-10-5-3-6-11-23)29(36)20-33-32(39)40-21-24-12-7-4-8-13-24/h3-8,10-13,17-19,22,28-29,36H,9,14-16,20-21H2,1-2H3,(H,33,39)(H,34,38)/t28-,29+/m0/s1. The smallest absolute Gasteiger partial charge is 0.407 e. The summed E-state index contributed by atoms with van der Waals surface area (Å²) in [5.41, 5.74) is 2.65. The lowest BCUT2D eigenvalue weighted by molar-refractivity contribution is -0.117. The SMILES string of the molecule is CC(C)Oc1cc(C(=O)N[C@@H](Cc2ccccc2)[C@H](O)CNC(=O)OCc2ccccc2)cc(N2CCCC2=O)c1. The Labute approximate surface area is 240 Å². The lowest BCUT2D eigenvalue weighted by Crippen LogP contribution is -2.49. The topological polar surface area (TPSA) is 117 Å². The monoisotopic (exact) mass is 559 g/mol. The molecule has 9 heteroatoms. The van der Waals surface area contributed by atoms with Gasteiger partial charge in [-0.15, -0.1) is 0 Å². The zero-order valence-electron chi connectivity index (χ0n) is 23.4. The van der Waals surface area contributed by atoms with Gasteiger partial charge in [0.15, 0.2) is 0 Å². The largest absolute Gasteiger partial charge is 0.491 e. The number of anilines is 1. The van der Waals surface area contributed by atoms with Crippen LogP contribution in [0.5, 0.6) is 5.75 Å². The van der Waals surface area contributed by atoms with E-state index in [4.69, 9.17) is 9.47 Å². The molecule has 3 aromatic carbocycles. The number of hydrogen-bond donors (Lipinski definition) is 3. The molecule has 0 aliphatic carbocycles. The predicted molar refractivity (Wildman–Crippen MR) is 156 cm³/mol. The molecule has 216 valence electrons. The van der Waals surface area contributed by atoms with E-state index in [2.05, 4.69) is 10.6 Å². The predicted octanol–water partition coefficient (Wildman–Crippen LogP) is 4.23. The molecular formula is C32H37N3O6. The Morgan fingerprint density at radius 1 is 0.976 bits per heavy atom. The first-order valence-electron chi connectivity index (χ1n) is 13.9. The van der Waals surface area contributed by atoms with Crippen molar-refractivity contribution in [2.75, 3.05) is 18.0 Å². The summed E-state index contributed by atoms with van der Waals surface area (Å²) in [4.78, 5) is 39.9. The minimum atomic E-state index is -1.11. The van der Waals surface area contributed by atoms with Crippen molar-refractivity contribution in [2.45, 2.75) is 58.0 Å². The van der Waals surface area contributed by atoms with Crippen molar-refractivity contribution >= 4 is 23.6 Å². The Bertz CT molecular complexity index is 1320. The number of nitrogens with one attached hydrogen (secondary N) is 2. The van der Waals surface area contributed by atoms with Crippen LogP contribution in [0.25, 0.3) is 0 Å². The van der Waals surface area contributed by atoms with E-state index in [1.165, 1.54) is 0 Å². The first kappa shape index (κ1) is 29.6. The Kier molecular flexibility index (Phi) is 10.3. The summed E-state index contributed by atoms with van der Waals surface area (Å²) in [5, 5.41) is 16.6. The molecular weight excluding hydrogens is 522 g/mol. The Morgan fingerprint density at radius 3 is 2.29 bits per heavy atom. The fourth-order valence-electron chi connectivity index (χ4n) is 4.64. The molecule has 4 rings (SSSR count). The van der Waals surface area contributed by atoms with Gasteiger partial charge in [-0.05, 0) is 49.9 Å². The fraction of sp³-hybridized carbons (Fsp3) is 0.344. The van der Waals surface area contributed by atoms with Crippen molar-refractivity contribution in [3.63, 3.8) is 0 Å². The van der Waals surface area contributed by atoms with E-state index in [0.717, 1.165) is 17.5 Å². The highest BCUT2D eigenvalue weighted by atomic mass is 16.5. The summed E-state index contributed by atoms with van der Waals surface area (Å²) in [5.74, 6) is 0.0460. The molecule has 3 N–H and O–H groups in total. The van der Waals surface area contributed by atoms with Gasteiger partial charge in [0, 0.05) is 36.8 Å². The van der Waals surface area contributed by atoms with Gasteiger partial charge in [-0.3, -0.25) is 9.59 Å². The maximum atomic E-state index is 13.5. The van der Waals surface area contributed by atoms with E-state index in [9.17, 15) is 19.5 Å². The van der Waals surface area contributed by atoms with Crippen LogP contribution in [0.15, 0.2) is 78.9 Å². The molecule has 1 aliphatic rings. The fourth-order valence-corrected chi connectivity index (χ4v) is 4.64. The molecule has 3 aromatic rings. The summed E-state index contributed by atoms with van der Waals surface area (Å²) in [6, 6.07) is 23.1. The number of nitrogens with zero attached hydrogens (tertiary/aromatic N) is 1. The van der Waals surface area contributed by atoms with E-state index in [1.54, 1.807) is 23.1 Å². The number of alkyl carbamates (subject to hydrolysis) is 1. The van der Waals surface area contributed by atoms with E-state index >= 15 is 0 Å². The lowest BCUT2D eigenvalue weighted by Gasteiger charge is -2.25. The lowest BCUT2D eigenvalue weighted by atomic mass is 10.0. The summed E-state index contributed by atoms with van der Waals surface area (Å²) in [6.45, 7) is 4.32. The summed E-state index contributed by atoms with van der Waals surface area (Å²) in [7, 11) is 0. The minimum Gasteiger partial charge on any atom is -0.491 e. The van der Waals surface area contributed by atoms with E-state index < -0.39 is 24.1 Å². The van der Waals surface area contributed by atoms with E-state index in [0.29, 0.717) is 36.4 Å². The Morgan fingerprint density at radius 2 is 1.66 bits per heavy atom. The van der Waals surface area contributed by atoms with E-state index in [1.807, 2.05) is 74.5 Å². The number of aliphatic hydroxyl groups excluding tert-OH is 1. The number of carbonyl (C=O) groups excluding carboxylic acids is 3. The molecule has 0 aromatic heterocycles. The molecule has 2 atom stereocenters. The zero-order valence-corrected chi connectivity index (χ0v) is 23.4. The molecule has 0 spiro atoms. The number of ether oxygens (including phenoxy) is 2. The molecule has 0 saturated carbocycles. The highest BCUT2D eigenvalue weighted by Gasteiger charge is 2.26. The maximum absolute atomic E-state index is 13.5. The van der Waals surface area contributed by atoms with Crippen molar-refractivity contribution in [1.29, 1.82) is 0 Å². The summed E-state index contributed by atoms with van der Waals surface area (Å²) >= 11 is 0. The molecule has 3 amide bonds. The minimum absolute atomic E-state index is 0.000608.